The highest BCUT2D eigenvalue weighted by Crippen LogP contribution is 2.22. The Morgan fingerprint density at radius 3 is 2.53 bits per heavy atom. The van der Waals surface area contributed by atoms with Crippen LogP contribution in [0.25, 0.3) is 0 Å². The third-order valence-electron chi connectivity index (χ3n) is 2.10. The standard InChI is InChI=1S/C11H11Cl2F2NO/c1-16(6-11(14)15)5-10(17)7-2-3-8(12)9(13)4-7/h2-4,11H,5-6H2,1H3. The van der Waals surface area contributed by atoms with Gasteiger partial charge in [0.1, 0.15) is 0 Å². The molecule has 0 saturated carbocycles. The molecular weight excluding hydrogens is 271 g/mol. The summed E-state index contributed by atoms with van der Waals surface area (Å²) in [6, 6.07) is 4.46. The summed E-state index contributed by atoms with van der Waals surface area (Å²) in [7, 11) is 1.46. The monoisotopic (exact) mass is 281 g/mol. The van der Waals surface area contributed by atoms with E-state index in [4.69, 9.17) is 23.2 Å². The number of likely N-dealkylation sites (N-methyl/N-ethyl adjacent to an activating group) is 1. The molecule has 1 aromatic rings. The molecule has 0 unspecified atom stereocenters. The zero-order valence-corrected chi connectivity index (χ0v) is 10.6. The van der Waals surface area contributed by atoms with Gasteiger partial charge in [0.2, 0.25) is 0 Å². The number of carbonyl (C=O) groups is 1. The predicted octanol–water partition coefficient (Wildman–Crippen LogP) is 3.37. The highest BCUT2D eigenvalue weighted by atomic mass is 35.5. The molecule has 17 heavy (non-hydrogen) atoms. The second kappa shape index (κ2) is 6.28. The Morgan fingerprint density at radius 1 is 1.35 bits per heavy atom. The molecule has 0 aliphatic heterocycles. The molecule has 1 rings (SSSR count). The minimum absolute atomic E-state index is 0.0811. The maximum atomic E-state index is 12.1. The van der Waals surface area contributed by atoms with E-state index in [9.17, 15) is 13.6 Å². The first-order chi connectivity index (χ1) is 7.90. The number of carbonyl (C=O) groups excluding carboxylic acids is 1. The van der Waals surface area contributed by atoms with E-state index in [-0.39, 0.29) is 17.4 Å². The molecule has 0 aliphatic carbocycles. The molecule has 1 aromatic carbocycles. The van der Waals surface area contributed by atoms with Gasteiger partial charge in [-0.15, -0.1) is 0 Å². The lowest BCUT2D eigenvalue weighted by molar-refractivity contribution is 0.0820. The molecule has 6 heteroatoms. The molecule has 0 N–H and O–H groups in total. The van der Waals surface area contributed by atoms with Crippen molar-refractivity contribution < 1.29 is 13.6 Å². The van der Waals surface area contributed by atoms with Crippen LogP contribution in [0.4, 0.5) is 8.78 Å². The van der Waals surface area contributed by atoms with E-state index in [1.54, 1.807) is 0 Å². The normalized spacial score (nSPS) is 11.2. The van der Waals surface area contributed by atoms with Gasteiger partial charge in [-0.25, -0.2) is 8.78 Å². The molecule has 94 valence electrons. The van der Waals surface area contributed by atoms with Crippen LogP contribution in [0.2, 0.25) is 10.0 Å². The number of alkyl halides is 2. The molecule has 0 fully saturated rings. The van der Waals surface area contributed by atoms with E-state index in [0.29, 0.717) is 10.6 Å². The van der Waals surface area contributed by atoms with Crippen LogP contribution in [-0.4, -0.2) is 37.2 Å². The molecular formula is C11H11Cl2F2NO. The van der Waals surface area contributed by atoms with Crippen LogP contribution in [0, 0.1) is 0 Å². The van der Waals surface area contributed by atoms with Crippen molar-refractivity contribution >= 4 is 29.0 Å². The largest absolute Gasteiger partial charge is 0.293 e. The molecule has 0 aliphatic rings. The molecule has 0 amide bonds. The Morgan fingerprint density at radius 2 is 2.00 bits per heavy atom. The number of nitrogens with zero attached hydrogens (tertiary/aromatic N) is 1. The molecule has 0 radical (unpaired) electrons. The summed E-state index contributed by atoms with van der Waals surface area (Å²) in [4.78, 5) is 13.0. The van der Waals surface area contributed by atoms with Crippen molar-refractivity contribution in [1.29, 1.82) is 0 Å². The fourth-order valence-electron chi connectivity index (χ4n) is 1.31. The predicted molar refractivity (Wildman–Crippen MR) is 64.3 cm³/mol. The first-order valence-corrected chi connectivity index (χ1v) is 5.60. The SMILES string of the molecule is CN(CC(=O)c1ccc(Cl)c(Cl)c1)CC(F)F. The third kappa shape index (κ3) is 4.58. The van der Waals surface area contributed by atoms with Crippen LogP contribution in [0.15, 0.2) is 18.2 Å². The minimum Gasteiger partial charge on any atom is -0.293 e. The zero-order chi connectivity index (χ0) is 13.0. The van der Waals surface area contributed by atoms with E-state index in [1.165, 1.54) is 30.1 Å². The lowest BCUT2D eigenvalue weighted by atomic mass is 10.1. The second-order valence-corrected chi connectivity index (χ2v) is 4.45. The van der Waals surface area contributed by atoms with Crippen LogP contribution in [0.3, 0.4) is 0 Å². The fourth-order valence-corrected chi connectivity index (χ4v) is 1.60. The minimum atomic E-state index is -2.46. The lowest BCUT2D eigenvalue weighted by Crippen LogP contribution is -2.30. The van der Waals surface area contributed by atoms with Crippen LogP contribution in [0.1, 0.15) is 10.4 Å². The molecule has 0 aromatic heterocycles. The van der Waals surface area contributed by atoms with Gasteiger partial charge in [0.15, 0.2) is 5.78 Å². The van der Waals surface area contributed by atoms with Gasteiger partial charge >= 0.3 is 0 Å². The highest BCUT2D eigenvalue weighted by molar-refractivity contribution is 6.42. The zero-order valence-electron chi connectivity index (χ0n) is 9.09. The number of hydrogen-bond acceptors (Lipinski definition) is 2. The number of halogens is 4. The maximum Gasteiger partial charge on any atom is 0.251 e. The van der Waals surface area contributed by atoms with Gasteiger partial charge in [-0.05, 0) is 25.2 Å². The van der Waals surface area contributed by atoms with Gasteiger partial charge < -0.3 is 0 Å². The van der Waals surface area contributed by atoms with Crippen LogP contribution >= 0.6 is 23.2 Å². The smallest absolute Gasteiger partial charge is 0.251 e. The third-order valence-corrected chi connectivity index (χ3v) is 2.84. The van der Waals surface area contributed by atoms with E-state index >= 15 is 0 Å². The highest BCUT2D eigenvalue weighted by Gasteiger charge is 2.13. The van der Waals surface area contributed by atoms with Gasteiger partial charge in [-0.3, -0.25) is 9.69 Å². The van der Waals surface area contributed by atoms with Crippen molar-refractivity contribution in [3.8, 4) is 0 Å². The molecule has 0 heterocycles. The Labute approximate surface area is 108 Å². The quantitative estimate of drug-likeness (QED) is 0.772. The van der Waals surface area contributed by atoms with E-state index < -0.39 is 13.0 Å². The summed E-state index contributed by atoms with van der Waals surface area (Å²) in [6.45, 7) is -0.518. The van der Waals surface area contributed by atoms with Crippen LogP contribution in [-0.2, 0) is 0 Å². The number of benzene rings is 1. The van der Waals surface area contributed by atoms with Gasteiger partial charge in [0, 0.05) is 5.56 Å². The van der Waals surface area contributed by atoms with Crippen LogP contribution in [0.5, 0.6) is 0 Å². The summed E-state index contributed by atoms with van der Waals surface area (Å²) in [5.74, 6) is -0.272. The number of Topliss-reactive ketones (excluding diaryl/α,β-unsaturated/α-hetero) is 1. The second-order valence-electron chi connectivity index (χ2n) is 3.64. The molecule has 0 bridgehead atoms. The fraction of sp³-hybridized carbons (Fsp3) is 0.364. The molecule has 2 nitrogen and oxygen atoms in total. The van der Waals surface area contributed by atoms with Crippen molar-refractivity contribution in [3.05, 3.63) is 33.8 Å². The summed E-state index contributed by atoms with van der Waals surface area (Å²) in [6.07, 6.45) is -2.46. The van der Waals surface area contributed by atoms with E-state index in [0.717, 1.165) is 0 Å². The lowest BCUT2D eigenvalue weighted by Gasteiger charge is -2.14. The average molecular weight is 282 g/mol. The van der Waals surface area contributed by atoms with Crippen molar-refractivity contribution in [2.75, 3.05) is 20.1 Å². The number of ketones is 1. The molecule has 0 atom stereocenters. The summed E-state index contributed by atoms with van der Waals surface area (Å²) in [5.41, 5.74) is 0.362. The maximum absolute atomic E-state index is 12.1. The Balaban J connectivity index is 2.66. The Kier molecular flexibility index (Phi) is 5.31. The first-order valence-electron chi connectivity index (χ1n) is 4.85. The number of hydrogen-bond donors (Lipinski definition) is 0. The topological polar surface area (TPSA) is 20.3 Å². The van der Waals surface area contributed by atoms with Gasteiger partial charge in [0.05, 0.1) is 23.1 Å². The first kappa shape index (κ1) is 14.4. The van der Waals surface area contributed by atoms with Crippen molar-refractivity contribution in [2.24, 2.45) is 0 Å². The number of rotatable bonds is 5. The van der Waals surface area contributed by atoms with Crippen molar-refractivity contribution in [3.63, 3.8) is 0 Å². The van der Waals surface area contributed by atoms with E-state index in [1.807, 2.05) is 0 Å². The van der Waals surface area contributed by atoms with Gasteiger partial charge in [0.25, 0.3) is 6.43 Å². The summed E-state index contributed by atoms with van der Waals surface area (Å²) < 4.78 is 24.1. The van der Waals surface area contributed by atoms with Crippen LogP contribution < -0.4 is 0 Å². The molecule has 0 spiro atoms. The Hall–Kier alpha value is -0.710. The Bertz CT molecular complexity index is 412. The molecule has 0 saturated heterocycles. The summed E-state index contributed by atoms with van der Waals surface area (Å²) in [5, 5.41) is 0.623. The van der Waals surface area contributed by atoms with Crippen molar-refractivity contribution in [1.82, 2.24) is 4.90 Å². The van der Waals surface area contributed by atoms with Crippen molar-refractivity contribution in [2.45, 2.75) is 6.43 Å². The van der Waals surface area contributed by atoms with Gasteiger partial charge in [-0.2, -0.15) is 0 Å². The van der Waals surface area contributed by atoms with E-state index in [2.05, 4.69) is 0 Å². The average Bonchev–Trinajstić information content (AvgIpc) is 2.20. The van der Waals surface area contributed by atoms with Gasteiger partial charge in [-0.1, -0.05) is 23.2 Å². The summed E-state index contributed by atoms with van der Waals surface area (Å²) >= 11 is 11.5.